The first-order valence-electron chi connectivity index (χ1n) is 10.4. The van der Waals surface area contributed by atoms with Crippen LogP contribution in [0.2, 0.25) is 0 Å². The number of ether oxygens (including phenoxy) is 1. The molecular formula is C25H22N4O3S. The Bertz CT molecular complexity index is 1330. The molecule has 1 atom stereocenters. The lowest BCUT2D eigenvalue weighted by Crippen LogP contribution is -2.46. The molecule has 8 heteroatoms. The third-order valence-electron chi connectivity index (χ3n) is 5.60. The van der Waals surface area contributed by atoms with Crippen LogP contribution in [0.5, 0.6) is 5.75 Å². The Kier molecular flexibility index (Phi) is 5.43. The summed E-state index contributed by atoms with van der Waals surface area (Å²) in [5.41, 5.74) is 4.21. The van der Waals surface area contributed by atoms with Gasteiger partial charge in [-0.15, -0.1) is 11.3 Å². The van der Waals surface area contributed by atoms with E-state index < -0.39 is 6.04 Å². The van der Waals surface area contributed by atoms with Gasteiger partial charge in [-0.25, -0.2) is 4.79 Å². The molecule has 166 valence electrons. The summed E-state index contributed by atoms with van der Waals surface area (Å²) in [7, 11) is 1.60. The highest BCUT2D eigenvalue weighted by molar-refractivity contribution is 7.13. The summed E-state index contributed by atoms with van der Waals surface area (Å²) in [5, 5.41) is 9.29. The summed E-state index contributed by atoms with van der Waals surface area (Å²) in [4.78, 5) is 20.5. The first kappa shape index (κ1) is 21.0. The fourth-order valence-electron chi connectivity index (χ4n) is 3.93. The number of aryl methyl sites for hydroxylation is 1. The van der Waals surface area contributed by atoms with Crippen molar-refractivity contribution in [2.24, 2.45) is 0 Å². The third kappa shape index (κ3) is 3.89. The highest BCUT2D eigenvalue weighted by Gasteiger charge is 2.36. The lowest BCUT2D eigenvalue weighted by atomic mass is 9.94. The van der Waals surface area contributed by atoms with Gasteiger partial charge in [0.05, 0.1) is 29.3 Å². The molecule has 33 heavy (non-hydrogen) atoms. The Morgan fingerprint density at radius 1 is 1.09 bits per heavy atom. The number of carbonyl (C=O) groups excluding carboxylic acids is 1. The number of urea groups is 1. The van der Waals surface area contributed by atoms with Gasteiger partial charge in [0.1, 0.15) is 5.75 Å². The summed E-state index contributed by atoms with van der Waals surface area (Å²) in [5.74, 6) is 1.55. The maximum atomic E-state index is 13.3. The molecule has 4 aromatic rings. The van der Waals surface area contributed by atoms with Gasteiger partial charge in [0.15, 0.2) is 0 Å². The number of thiophene rings is 1. The molecule has 0 radical (unpaired) electrons. The fraction of sp³-hybridized carbons (Fsp3) is 0.160. The monoisotopic (exact) mass is 458 g/mol. The third-order valence-corrected chi connectivity index (χ3v) is 6.47. The second-order valence-corrected chi connectivity index (χ2v) is 8.68. The van der Waals surface area contributed by atoms with Crippen LogP contribution in [-0.4, -0.2) is 23.3 Å². The average molecular weight is 459 g/mol. The molecule has 1 aliphatic rings. The van der Waals surface area contributed by atoms with Crippen LogP contribution in [0.1, 0.15) is 30.0 Å². The van der Waals surface area contributed by atoms with Crippen molar-refractivity contribution in [3.05, 3.63) is 88.8 Å². The Morgan fingerprint density at radius 3 is 2.64 bits per heavy atom. The molecule has 5 rings (SSSR count). The van der Waals surface area contributed by atoms with E-state index in [1.807, 2.05) is 79.9 Å². The molecule has 1 aliphatic heterocycles. The highest BCUT2D eigenvalue weighted by Crippen LogP contribution is 2.39. The van der Waals surface area contributed by atoms with Gasteiger partial charge in [-0.05, 0) is 43.0 Å². The maximum absolute atomic E-state index is 13.3. The lowest BCUT2D eigenvalue weighted by molar-refractivity contribution is 0.244. The quantitative estimate of drug-likeness (QED) is 0.408. The van der Waals surface area contributed by atoms with Crippen LogP contribution in [0.15, 0.2) is 76.3 Å². The summed E-state index contributed by atoms with van der Waals surface area (Å²) in [6.07, 6.45) is 0. The van der Waals surface area contributed by atoms with E-state index in [-0.39, 0.29) is 6.03 Å². The lowest BCUT2D eigenvalue weighted by Gasteiger charge is -2.35. The van der Waals surface area contributed by atoms with E-state index >= 15 is 0 Å². The van der Waals surface area contributed by atoms with Gasteiger partial charge in [0.2, 0.25) is 5.82 Å². The van der Waals surface area contributed by atoms with Gasteiger partial charge in [-0.3, -0.25) is 4.90 Å². The zero-order valence-corrected chi connectivity index (χ0v) is 19.2. The Balaban J connectivity index is 1.66. The van der Waals surface area contributed by atoms with Gasteiger partial charge >= 0.3 is 6.03 Å². The minimum Gasteiger partial charge on any atom is -0.497 e. The van der Waals surface area contributed by atoms with Crippen LogP contribution in [-0.2, 0) is 0 Å². The Hall–Kier alpha value is -3.91. The standard InChI is InChI=1S/C25H22N4O3S/c1-15-9-11-17(12-10-15)22-21(24-27-23(28-32-24)20-8-5-13-33-20)16(2)29(25(30)26-22)18-6-4-7-19(14-18)31-3/h4-14,22H,1-3H3,(H,26,30). The van der Waals surface area contributed by atoms with Crippen LogP contribution in [0.3, 0.4) is 0 Å². The molecule has 1 unspecified atom stereocenters. The Morgan fingerprint density at radius 2 is 1.91 bits per heavy atom. The first-order valence-corrected chi connectivity index (χ1v) is 11.3. The van der Waals surface area contributed by atoms with E-state index in [0.29, 0.717) is 28.8 Å². The van der Waals surface area contributed by atoms with Gasteiger partial charge < -0.3 is 14.6 Å². The summed E-state index contributed by atoms with van der Waals surface area (Å²) >= 11 is 1.54. The number of hydrogen-bond acceptors (Lipinski definition) is 6. The second-order valence-electron chi connectivity index (χ2n) is 7.73. The number of amides is 2. The molecule has 2 amide bonds. The number of anilines is 1. The molecule has 2 aromatic heterocycles. The number of nitrogens with one attached hydrogen (secondary N) is 1. The van der Waals surface area contributed by atoms with E-state index in [1.54, 1.807) is 23.3 Å². The summed E-state index contributed by atoms with van der Waals surface area (Å²) < 4.78 is 11.1. The van der Waals surface area contributed by atoms with Crippen molar-refractivity contribution < 1.29 is 14.1 Å². The van der Waals surface area contributed by atoms with Gasteiger partial charge in [0.25, 0.3) is 5.89 Å². The highest BCUT2D eigenvalue weighted by atomic mass is 32.1. The smallest absolute Gasteiger partial charge is 0.327 e. The van der Waals surface area contributed by atoms with Crippen molar-refractivity contribution in [3.8, 4) is 16.5 Å². The van der Waals surface area contributed by atoms with Crippen LogP contribution in [0.4, 0.5) is 10.5 Å². The zero-order chi connectivity index (χ0) is 22.9. The summed E-state index contributed by atoms with van der Waals surface area (Å²) in [6, 6.07) is 18.6. The number of methoxy groups -OCH3 is 1. The van der Waals surface area contributed by atoms with Crippen molar-refractivity contribution in [1.82, 2.24) is 15.5 Å². The topological polar surface area (TPSA) is 80.5 Å². The molecule has 0 saturated heterocycles. The van der Waals surface area contributed by atoms with Crippen LogP contribution in [0, 0.1) is 6.92 Å². The van der Waals surface area contributed by atoms with Crippen LogP contribution >= 0.6 is 11.3 Å². The minimum atomic E-state index is -0.434. The average Bonchev–Trinajstić information content (AvgIpc) is 3.52. The van der Waals surface area contributed by atoms with Crippen LogP contribution in [0.25, 0.3) is 16.3 Å². The molecular weight excluding hydrogens is 436 g/mol. The van der Waals surface area contributed by atoms with E-state index in [1.165, 1.54) is 0 Å². The molecule has 0 fully saturated rings. The number of benzene rings is 2. The van der Waals surface area contributed by atoms with Gasteiger partial charge in [-0.1, -0.05) is 47.1 Å². The summed E-state index contributed by atoms with van der Waals surface area (Å²) in [6.45, 7) is 3.92. The molecule has 7 nitrogen and oxygen atoms in total. The van der Waals surface area contributed by atoms with Gasteiger partial charge in [0, 0.05) is 11.8 Å². The van der Waals surface area contributed by atoms with Crippen molar-refractivity contribution >= 4 is 28.6 Å². The molecule has 1 N–H and O–H groups in total. The molecule has 0 aliphatic carbocycles. The molecule has 0 saturated carbocycles. The SMILES string of the molecule is COc1cccc(N2C(=O)NC(c3ccc(C)cc3)C(c3nc(-c4cccs4)no3)=C2C)c1. The zero-order valence-electron chi connectivity index (χ0n) is 18.4. The van der Waals surface area contributed by atoms with Crippen molar-refractivity contribution in [1.29, 1.82) is 0 Å². The maximum Gasteiger partial charge on any atom is 0.327 e. The van der Waals surface area contributed by atoms with Crippen molar-refractivity contribution in [3.63, 3.8) is 0 Å². The van der Waals surface area contributed by atoms with Crippen LogP contribution < -0.4 is 15.0 Å². The van der Waals surface area contributed by atoms with E-state index in [4.69, 9.17) is 9.26 Å². The predicted octanol–water partition coefficient (Wildman–Crippen LogP) is 5.82. The Labute approximate surface area is 195 Å². The predicted molar refractivity (Wildman–Crippen MR) is 128 cm³/mol. The molecule has 3 heterocycles. The largest absolute Gasteiger partial charge is 0.497 e. The number of nitrogens with zero attached hydrogens (tertiary/aromatic N) is 3. The van der Waals surface area contributed by atoms with Gasteiger partial charge in [-0.2, -0.15) is 4.98 Å². The van der Waals surface area contributed by atoms with E-state index in [0.717, 1.165) is 21.6 Å². The fourth-order valence-corrected chi connectivity index (χ4v) is 4.58. The number of carbonyl (C=O) groups is 1. The molecule has 0 spiro atoms. The number of aromatic nitrogens is 2. The first-order chi connectivity index (χ1) is 16.0. The number of hydrogen-bond donors (Lipinski definition) is 1. The minimum absolute atomic E-state index is 0.243. The molecule has 2 aromatic carbocycles. The second kappa shape index (κ2) is 8.55. The van der Waals surface area contributed by atoms with E-state index in [9.17, 15) is 4.79 Å². The number of rotatable bonds is 5. The van der Waals surface area contributed by atoms with Crippen molar-refractivity contribution in [2.45, 2.75) is 19.9 Å². The van der Waals surface area contributed by atoms with Crippen molar-refractivity contribution in [2.75, 3.05) is 12.0 Å². The molecule has 0 bridgehead atoms. The number of allylic oxidation sites excluding steroid dienone is 1. The van der Waals surface area contributed by atoms with E-state index in [2.05, 4.69) is 15.5 Å². The normalized spacial score (nSPS) is 16.2.